The number of morpholine rings is 1. The first kappa shape index (κ1) is 19.0. The lowest BCUT2D eigenvalue weighted by molar-refractivity contribution is -0.133. The second-order valence-corrected chi connectivity index (χ2v) is 7.51. The van der Waals surface area contributed by atoms with Crippen molar-refractivity contribution >= 4 is 5.91 Å². The summed E-state index contributed by atoms with van der Waals surface area (Å²) in [5.74, 6) is 0.626. The van der Waals surface area contributed by atoms with E-state index in [1.807, 2.05) is 17.9 Å². The molecule has 7 nitrogen and oxygen atoms in total. The van der Waals surface area contributed by atoms with E-state index < -0.39 is 0 Å². The van der Waals surface area contributed by atoms with Crippen LogP contribution >= 0.6 is 0 Å². The third kappa shape index (κ3) is 4.32. The van der Waals surface area contributed by atoms with Crippen LogP contribution in [0.2, 0.25) is 0 Å². The summed E-state index contributed by atoms with van der Waals surface area (Å²) in [7, 11) is 0. The van der Waals surface area contributed by atoms with Gasteiger partial charge in [-0.2, -0.15) is 4.98 Å². The van der Waals surface area contributed by atoms with Crippen molar-refractivity contribution in [3.63, 3.8) is 0 Å². The summed E-state index contributed by atoms with van der Waals surface area (Å²) in [4.78, 5) is 33.1. The van der Waals surface area contributed by atoms with Crippen molar-refractivity contribution in [2.24, 2.45) is 5.92 Å². The number of hydrogen-bond acceptors (Lipinski definition) is 5. The zero-order chi connectivity index (χ0) is 18.7. The maximum atomic E-state index is 12.6. The van der Waals surface area contributed by atoms with Crippen LogP contribution in [0.5, 0.6) is 0 Å². The van der Waals surface area contributed by atoms with E-state index in [2.05, 4.69) is 16.8 Å². The fraction of sp³-hybridized carbons (Fsp3) is 0.737. The van der Waals surface area contributed by atoms with Gasteiger partial charge in [0.1, 0.15) is 6.54 Å². The molecule has 2 aliphatic rings. The number of amides is 1. The third-order valence-corrected chi connectivity index (χ3v) is 5.84. The topological polar surface area (TPSA) is 67.7 Å². The molecule has 2 fully saturated rings. The van der Waals surface area contributed by atoms with Crippen molar-refractivity contribution in [2.45, 2.75) is 46.2 Å². The average Bonchev–Trinajstić information content (AvgIpc) is 2.64. The number of aryl methyl sites for hydroxylation is 2. The standard InChI is InChI=1S/C19H30N4O3/c1-14-12-15(2)23(19(25)20-14)13-18(24)22-6-4-17(5-7-22)16(3)21-8-10-26-11-9-21/h12,16-17H,4-11,13H2,1-3H3. The Bertz CT molecular complexity index is 689. The van der Waals surface area contributed by atoms with Crippen molar-refractivity contribution in [1.82, 2.24) is 19.4 Å². The van der Waals surface area contributed by atoms with Crippen LogP contribution in [0.3, 0.4) is 0 Å². The molecule has 26 heavy (non-hydrogen) atoms. The molecule has 1 aromatic heterocycles. The number of rotatable bonds is 4. The summed E-state index contributed by atoms with van der Waals surface area (Å²) in [6.07, 6.45) is 2.04. The van der Waals surface area contributed by atoms with E-state index in [-0.39, 0.29) is 18.1 Å². The monoisotopic (exact) mass is 362 g/mol. The highest BCUT2D eigenvalue weighted by Crippen LogP contribution is 2.24. The molecule has 1 amide bonds. The minimum Gasteiger partial charge on any atom is -0.379 e. The first-order chi connectivity index (χ1) is 12.5. The van der Waals surface area contributed by atoms with Crippen LogP contribution in [0.1, 0.15) is 31.2 Å². The van der Waals surface area contributed by atoms with E-state index in [1.54, 1.807) is 6.92 Å². The van der Waals surface area contributed by atoms with Gasteiger partial charge in [0.2, 0.25) is 5.91 Å². The number of carbonyl (C=O) groups excluding carboxylic acids is 1. The van der Waals surface area contributed by atoms with Crippen LogP contribution in [-0.2, 0) is 16.1 Å². The van der Waals surface area contributed by atoms with E-state index in [0.717, 1.165) is 57.9 Å². The molecule has 2 aliphatic heterocycles. The summed E-state index contributed by atoms with van der Waals surface area (Å²) in [6, 6.07) is 2.37. The van der Waals surface area contributed by atoms with E-state index >= 15 is 0 Å². The highest BCUT2D eigenvalue weighted by atomic mass is 16.5. The largest absolute Gasteiger partial charge is 0.379 e. The van der Waals surface area contributed by atoms with Crippen LogP contribution < -0.4 is 5.69 Å². The fourth-order valence-corrected chi connectivity index (χ4v) is 4.12. The normalized spacial score (nSPS) is 21.0. The summed E-state index contributed by atoms with van der Waals surface area (Å²) in [5.41, 5.74) is 1.13. The molecule has 3 heterocycles. The molecule has 0 spiro atoms. The predicted octanol–water partition coefficient (Wildman–Crippen LogP) is 0.819. The van der Waals surface area contributed by atoms with Crippen LogP contribution in [0, 0.1) is 19.8 Å². The Balaban J connectivity index is 1.54. The lowest BCUT2D eigenvalue weighted by atomic mass is 9.89. The number of likely N-dealkylation sites (tertiary alicyclic amines) is 1. The zero-order valence-electron chi connectivity index (χ0n) is 16.1. The molecule has 144 valence electrons. The van der Waals surface area contributed by atoms with Crippen LogP contribution in [0.15, 0.2) is 10.9 Å². The highest BCUT2D eigenvalue weighted by molar-refractivity contribution is 5.76. The number of ether oxygens (including phenoxy) is 1. The lowest BCUT2D eigenvalue weighted by Gasteiger charge is -2.41. The molecule has 7 heteroatoms. The molecular weight excluding hydrogens is 332 g/mol. The van der Waals surface area contributed by atoms with Gasteiger partial charge in [0.25, 0.3) is 0 Å². The molecule has 0 N–H and O–H groups in total. The van der Waals surface area contributed by atoms with Crippen LogP contribution in [0.4, 0.5) is 0 Å². The number of carbonyl (C=O) groups is 1. The Morgan fingerprint density at radius 1 is 1.23 bits per heavy atom. The maximum absolute atomic E-state index is 12.6. The van der Waals surface area contributed by atoms with E-state index in [1.165, 1.54) is 4.57 Å². The van der Waals surface area contributed by atoms with E-state index in [9.17, 15) is 9.59 Å². The number of piperidine rings is 1. The molecule has 2 saturated heterocycles. The van der Waals surface area contributed by atoms with Crippen molar-refractivity contribution in [1.29, 1.82) is 0 Å². The third-order valence-electron chi connectivity index (χ3n) is 5.84. The molecule has 3 rings (SSSR count). The number of aromatic nitrogens is 2. The molecule has 0 aliphatic carbocycles. The Morgan fingerprint density at radius 3 is 2.50 bits per heavy atom. The van der Waals surface area contributed by atoms with Crippen LogP contribution in [-0.4, -0.2) is 70.7 Å². The van der Waals surface area contributed by atoms with Gasteiger partial charge in [-0.3, -0.25) is 14.3 Å². The summed E-state index contributed by atoms with van der Waals surface area (Å²) in [6.45, 7) is 11.2. The maximum Gasteiger partial charge on any atom is 0.348 e. The van der Waals surface area contributed by atoms with Gasteiger partial charge in [-0.25, -0.2) is 4.79 Å². The Kier molecular flexibility index (Phi) is 6.09. The SMILES string of the molecule is Cc1cc(C)n(CC(=O)N2CCC(C(C)N3CCOCC3)CC2)c(=O)n1. The number of hydrogen-bond donors (Lipinski definition) is 0. The van der Waals surface area contributed by atoms with Crippen LogP contribution in [0.25, 0.3) is 0 Å². The average molecular weight is 362 g/mol. The summed E-state index contributed by atoms with van der Waals surface area (Å²) < 4.78 is 6.91. The van der Waals surface area contributed by atoms with Gasteiger partial charge in [0.15, 0.2) is 0 Å². The fourth-order valence-electron chi connectivity index (χ4n) is 4.12. The molecular formula is C19H30N4O3. The Hall–Kier alpha value is -1.73. The Labute approximate surface area is 154 Å². The van der Waals surface area contributed by atoms with E-state index in [4.69, 9.17) is 4.74 Å². The summed E-state index contributed by atoms with van der Waals surface area (Å²) >= 11 is 0. The number of nitrogens with zero attached hydrogens (tertiary/aromatic N) is 4. The van der Waals surface area contributed by atoms with Gasteiger partial charge in [-0.1, -0.05) is 0 Å². The molecule has 1 unspecified atom stereocenters. The quantitative estimate of drug-likeness (QED) is 0.793. The second kappa shape index (κ2) is 8.31. The smallest absolute Gasteiger partial charge is 0.348 e. The highest BCUT2D eigenvalue weighted by Gasteiger charge is 2.30. The van der Waals surface area contributed by atoms with E-state index in [0.29, 0.717) is 17.7 Å². The molecule has 1 atom stereocenters. The first-order valence-corrected chi connectivity index (χ1v) is 9.60. The molecule has 0 radical (unpaired) electrons. The summed E-state index contributed by atoms with van der Waals surface area (Å²) in [5, 5.41) is 0. The van der Waals surface area contributed by atoms with Crippen molar-refractivity contribution in [3.8, 4) is 0 Å². The Morgan fingerprint density at radius 2 is 1.88 bits per heavy atom. The van der Waals surface area contributed by atoms with Gasteiger partial charge >= 0.3 is 5.69 Å². The minimum absolute atomic E-state index is 0.0123. The van der Waals surface area contributed by atoms with Gasteiger partial charge < -0.3 is 9.64 Å². The molecule has 0 saturated carbocycles. The van der Waals surface area contributed by atoms with Gasteiger partial charge in [0.05, 0.1) is 13.2 Å². The second-order valence-electron chi connectivity index (χ2n) is 7.51. The molecule has 0 bridgehead atoms. The van der Waals surface area contributed by atoms with Crippen molar-refractivity contribution in [2.75, 3.05) is 39.4 Å². The van der Waals surface area contributed by atoms with Crippen molar-refractivity contribution < 1.29 is 9.53 Å². The van der Waals surface area contributed by atoms with Gasteiger partial charge in [0, 0.05) is 43.6 Å². The molecule has 1 aromatic rings. The van der Waals surface area contributed by atoms with Gasteiger partial charge in [-0.05, 0) is 45.6 Å². The lowest BCUT2D eigenvalue weighted by Crippen LogP contribution is -2.49. The minimum atomic E-state index is -0.341. The molecule has 0 aromatic carbocycles. The predicted molar refractivity (Wildman–Crippen MR) is 99.1 cm³/mol. The zero-order valence-corrected chi connectivity index (χ0v) is 16.1. The first-order valence-electron chi connectivity index (χ1n) is 9.60. The van der Waals surface area contributed by atoms with Crippen molar-refractivity contribution in [3.05, 3.63) is 27.9 Å². The van der Waals surface area contributed by atoms with Gasteiger partial charge in [-0.15, -0.1) is 0 Å².